The molecule has 0 radical (unpaired) electrons. The molecular formula is C28H22Cl2N2O3. The molecule has 0 saturated carbocycles. The van der Waals surface area contributed by atoms with Gasteiger partial charge in [-0.15, -0.1) is 23.2 Å². The molecule has 1 fully saturated rings. The van der Waals surface area contributed by atoms with Crippen LogP contribution in [0.4, 0.5) is 5.69 Å². The number of imide groups is 1. The van der Waals surface area contributed by atoms with E-state index in [1.165, 1.54) is 4.90 Å². The molecule has 1 heterocycles. The fourth-order valence-corrected chi connectivity index (χ4v) is 7.20. The Hall–Kier alpha value is -3.15. The first-order chi connectivity index (χ1) is 16.8. The maximum Gasteiger partial charge on any atom is 0.235 e. The minimum absolute atomic E-state index is 0.0185. The van der Waals surface area contributed by atoms with Gasteiger partial charge in [0.25, 0.3) is 0 Å². The first-order valence-corrected chi connectivity index (χ1v) is 12.3. The van der Waals surface area contributed by atoms with Crippen molar-refractivity contribution >= 4 is 46.6 Å². The summed E-state index contributed by atoms with van der Waals surface area (Å²) < 4.78 is 0. The molecule has 0 spiro atoms. The third-order valence-corrected chi connectivity index (χ3v) is 8.83. The number of nitrogens with one attached hydrogen (secondary N) is 1. The number of alkyl halides is 2. The van der Waals surface area contributed by atoms with Crippen molar-refractivity contribution in [2.24, 2.45) is 11.8 Å². The van der Waals surface area contributed by atoms with Gasteiger partial charge in [0.05, 0.1) is 11.8 Å². The summed E-state index contributed by atoms with van der Waals surface area (Å²) in [5.74, 6) is -2.74. The van der Waals surface area contributed by atoms with Gasteiger partial charge in [0.1, 0.15) is 9.75 Å². The number of carbonyl (C=O) groups is 3. The summed E-state index contributed by atoms with van der Waals surface area (Å²) in [4.78, 5) is 38.9. The minimum atomic E-state index is -1.21. The van der Waals surface area contributed by atoms with Crippen LogP contribution in [0.25, 0.3) is 0 Å². The second-order valence-electron chi connectivity index (χ2n) is 9.47. The second kappa shape index (κ2) is 7.67. The number of halogens is 2. The third kappa shape index (κ3) is 2.92. The van der Waals surface area contributed by atoms with Crippen LogP contribution in [0.1, 0.15) is 34.2 Å². The zero-order valence-electron chi connectivity index (χ0n) is 18.9. The SMILES string of the molecule is Cc1cccc(NC(=O)CCN2C(=O)[C@@H]3[C@H](C2=O)C2(Cl)c4ccccc4C3(Cl)c3ccccc32)c1. The molecule has 3 aromatic carbocycles. The third-order valence-electron chi connectivity index (χ3n) is 7.54. The van der Waals surface area contributed by atoms with Crippen molar-refractivity contribution in [1.82, 2.24) is 4.90 Å². The van der Waals surface area contributed by atoms with Crippen LogP contribution in [-0.4, -0.2) is 29.2 Å². The van der Waals surface area contributed by atoms with Gasteiger partial charge in [-0.3, -0.25) is 19.3 Å². The molecule has 176 valence electrons. The first kappa shape index (κ1) is 22.3. The Morgan fingerprint density at radius 3 is 1.77 bits per heavy atom. The van der Waals surface area contributed by atoms with Crippen LogP contribution in [0.15, 0.2) is 72.8 Å². The zero-order chi connectivity index (χ0) is 24.5. The minimum Gasteiger partial charge on any atom is -0.326 e. The van der Waals surface area contributed by atoms with Crippen LogP contribution in [-0.2, 0) is 24.1 Å². The number of nitrogens with zero attached hydrogens (tertiary/aromatic N) is 1. The molecule has 2 atom stereocenters. The van der Waals surface area contributed by atoms with Crippen molar-refractivity contribution in [3.63, 3.8) is 0 Å². The predicted molar refractivity (Wildman–Crippen MR) is 134 cm³/mol. The number of amides is 3. The molecular weight excluding hydrogens is 483 g/mol. The lowest BCUT2D eigenvalue weighted by molar-refractivity contribution is -0.140. The molecule has 5 nitrogen and oxygen atoms in total. The summed E-state index contributed by atoms with van der Waals surface area (Å²) in [6.07, 6.45) is -0.0185. The molecule has 4 aliphatic rings. The average Bonchev–Trinajstić information content (AvgIpc) is 3.12. The Morgan fingerprint density at radius 1 is 0.829 bits per heavy atom. The quantitative estimate of drug-likeness (QED) is 0.405. The van der Waals surface area contributed by atoms with E-state index in [0.29, 0.717) is 5.69 Å². The van der Waals surface area contributed by atoms with Crippen LogP contribution < -0.4 is 5.32 Å². The Morgan fingerprint density at radius 2 is 1.31 bits per heavy atom. The molecule has 1 N–H and O–H groups in total. The van der Waals surface area contributed by atoms with Gasteiger partial charge < -0.3 is 5.32 Å². The predicted octanol–water partition coefficient (Wildman–Crippen LogP) is 4.92. The zero-order valence-corrected chi connectivity index (χ0v) is 20.4. The molecule has 3 aliphatic carbocycles. The number of anilines is 1. The molecule has 0 aromatic heterocycles. The highest BCUT2D eigenvalue weighted by molar-refractivity contribution is 6.36. The van der Waals surface area contributed by atoms with Gasteiger partial charge in [-0.05, 0) is 46.9 Å². The first-order valence-electron chi connectivity index (χ1n) is 11.6. The molecule has 35 heavy (non-hydrogen) atoms. The monoisotopic (exact) mass is 504 g/mol. The molecule has 3 aromatic rings. The van der Waals surface area contributed by atoms with Crippen molar-refractivity contribution in [2.45, 2.75) is 23.1 Å². The molecule has 3 amide bonds. The highest BCUT2D eigenvalue weighted by Crippen LogP contribution is 2.69. The van der Waals surface area contributed by atoms with E-state index in [-0.39, 0.29) is 30.7 Å². The van der Waals surface area contributed by atoms with Gasteiger partial charge in [-0.1, -0.05) is 60.7 Å². The normalized spacial score (nSPS) is 27.9. The van der Waals surface area contributed by atoms with E-state index >= 15 is 0 Å². The standard InChI is InChI=1S/C28H22Cl2N2O3/c1-16-7-6-8-17(15-16)31-22(33)13-14-32-25(34)23-24(26(32)35)28(30)19-10-3-2-9-18(19)27(23,29)20-11-4-5-12-21(20)28/h2-12,15,23-24H,13-14H2,1H3,(H,31,33)/t23-,24+,27?,28?. The van der Waals surface area contributed by atoms with Crippen LogP contribution in [0.2, 0.25) is 0 Å². The number of aryl methyl sites for hydroxylation is 1. The summed E-state index contributed by atoms with van der Waals surface area (Å²) in [5, 5.41) is 2.83. The smallest absolute Gasteiger partial charge is 0.235 e. The molecule has 7 rings (SSSR count). The Labute approximate surface area is 213 Å². The number of carbonyl (C=O) groups excluding carboxylic acids is 3. The molecule has 0 unspecified atom stereocenters. The van der Waals surface area contributed by atoms with Gasteiger partial charge in [-0.2, -0.15) is 0 Å². The Balaban J connectivity index is 1.35. The fraction of sp³-hybridized carbons (Fsp3) is 0.250. The molecule has 7 heteroatoms. The topological polar surface area (TPSA) is 66.5 Å². The number of benzene rings is 3. The molecule has 1 aliphatic heterocycles. The van der Waals surface area contributed by atoms with Crippen LogP contribution in [0.5, 0.6) is 0 Å². The number of hydrogen-bond acceptors (Lipinski definition) is 3. The summed E-state index contributed by atoms with van der Waals surface area (Å²) in [5.41, 5.74) is 4.74. The Bertz CT molecular complexity index is 1300. The van der Waals surface area contributed by atoms with Gasteiger partial charge >= 0.3 is 0 Å². The van der Waals surface area contributed by atoms with E-state index in [1.807, 2.05) is 73.7 Å². The van der Waals surface area contributed by atoms with E-state index in [2.05, 4.69) is 5.32 Å². The number of hydrogen-bond donors (Lipinski definition) is 1. The average molecular weight is 505 g/mol. The van der Waals surface area contributed by atoms with E-state index in [9.17, 15) is 14.4 Å². The van der Waals surface area contributed by atoms with Crippen molar-refractivity contribution in [2.75, 3.05) is 11.9 Å². The van der Waals surface area contributed by atoms with Crippen molar-refractivity contribution in [3.8, 4) is 0 Å². The van der Waals surface area contributed by atoms with Gasteiger partial charge in [0, 0.05) is 18.7 Å². The lowest BCUT2D eigenvalue weighted by Gasteiger charge is -2.54. The number of likely N-dealkylation sites (tertiary alicyclic amines) is 1. The van der Waals surface area contributed by atoms with Crippen LogP contribution in [0.3, 0.4) is 0 Å². The van der Waals surface area contributed by atoms with E-state index in [1.54, 1.807) is 6.07 Å². The van der Waals surface area contributed by atoms with E-state index in [0.717, 1.165) is 27.8 Å². The van der Waals surface area contributed by atoms with Crippen molar-refractivity contribution in [3.05, 3.63) is 101 Å². The van der Waals surface area contributed by atoms with Gasteiger partial charge in [0.2, 0.25) is 17.7 Å². The maximum atomic E-state index is 13.8. The lowest BCUT2D eigenvalue weighted by Crippen LogP contribution is -2.57. The summed E-state index contributed by atoms with van der Waals surface area (Å²) in [7, 11) is 0. The molecule has 1 saturated heterocycles. The molecule has 2 bridgehead atoms. The van der Waals surface area contributed by atoms with Crippen LogP contribution in [0, 0.1) is 18.8 Å². The summed E-state index contributed by atoms with van der Waals surface area (Å²) in [6, 6.07) is 22.5. The van der Waals surface area contributed by atoms with E-state index < -0.39 is 21.6 Å². The number of rotatable bonds is 4. The summed E-state index contributed by atoms with van der Waals surface area (Å²) >= 11 is 14.8. The van der Waals surface area contributed by atoms with Gasteiger partial charge in [-0.25, -0.2) is 0 Å². The van der Waals surface area contributed by atoms with Crippen molar-refractivity contribution < 1.29 is 14.4 Å². The summed E-state index contributed by atoms with van der Waals surface area (Å²) in [6.45, 7) is 1.90. The van der Waals surface area contributed by atoms with Crippen molar-refractivity contribution in [1.29, 1.82) is 0 Å². The lowest BCUT2D eigenvalue weighted by atomic mass is 9.54. The van der Waals surface area contributed by atoms with Gasteiger partial charge in [0.15, 0.2) is 0 Å². The van der Waals surface area contributed by atoms with Crippen LogP contribution >= 0.6 is 23.2 Å². The highest BCUT2D eigenvalue weighted by Gasteiger charge is 2.72. The highest BCUT2D eigenvalue weighted by atomic mass is 35.5. The largest absolute Gasteiger partial charge is 0.326 e. The Kier molecular flexibility index (Phi) is 4.89. The maximum absolute atomic E-state index is 13.8. The second-order valence-corrected chi connectivity index (χ2v) is 10.7. The van der Waals surface area contributed by atoms with E-state index in [4.69, 9.17) is 23.2 Å². The fourth-order valence-electron chi connectivity index (χ4n) is 6.10.